The highest BCUT2D eigenvalue weighted by atomic mass is 32.2. The summed E-state index contributed by atoms with van der Waals surface area (Å²) >= 11 is 0. The molecule has 3 rings (SSSR count). The topological polar surface area (TPSA) is 86.8 Å². The Balaban J connectivity index is 2.00. The summed E-state index contributed by atoms with van der Waals surface area (Å²) in [5, 5.41) is 2.88. The summed E-state index contributed by atoms with van der Waals surface area (Å²) in [7, 11) is -4.04. The van der Waals surface area contributed by atoms with Crippen LogP contribution < -0.4 is 9.62 Å². The Morgan fingerprint density at radius 1 is 0.833 bits per heavy atom. The fraction of sp³-hybridized carbons (Fsp3) is 0.286. The largest absolute Gasteiger partial charge is 0.354 e. The standard InChI is InChI=1S/C28H33N3O4S/c1-3-20-29-28(33)26(4-2)30(21-23-14-8-5-9-15-23)27(32)22-31(24-16-10-6-11-17-24)36(34,35)25-18-12-7-13-19-25/h5-19,26H,3-4,20-22H2,1-2H3,(H,29,33). The first-order chi connectivity index (χ1) is 17.4. The highest BCUT2D eigenvalue weighted by molar-refractivity contribution is 7.92. The smallest absolute Gasteiger partial charge is 0.264 e. The van der Waals surface area contributed by atoms with Gasteiger partial charge in [-0.05, 0) is 42.7 Å². The van der Waals surface area contributed by atoms with Gasteiger partial charge in [0.2, 0.25) is 11.8 Å². The third-order valence-electron chi connectivity index (χ3n) is 5.79. The van der Waals surface area contributed by atoms with Crippen LogP contribution in [0.3, 0.4) is 0 Å². The summed E-state index contributed by atoms with van der Waals surface area (Å²) in [5.41, 5.74) is 1.22. The van der Waals surface area contributed by atoms with Crippen LogP contribution in [-0.4, -0.2) is 44.3 Å². The predicted molar refractivity (Wildman–Crippen MR) is 142 cm³/mol. The van der Waals surface area contributed by atoms with Crippen LogP contribution in [0, 0.1) is 0 Å². The van der Waals surface area contributed by atoms with Gasteiger partial charge in [-0.3, -0.25) is 13.9 Å². The normalized spacial score (nSPS) is 11.9. The Labute approximate surface area is 213 Å². The molecule has 3 aromatic carbocycles. The van der Waals surface area contributed by atoms with E-state index in [4.69, 9.17) is 0 Å². The molecule has 1 unspecified atom stereocenters. The summed E-state index contributed by atoms with van der Waals surface area (Å²) in [5.74, 6) is -0.707. The fourth-order valence-corrected chi connectivity index (χ4v) is 5.34. The van der Waals surface area contributed by atoms with Gasteiger partial charge in [-0.2, -0.15) is 0 Å². The molecule has 190 valence electrons. The van der Waals surface area contributed by atoms with Crippen molar-refractivity contribution in [1.29, 1.82) is 0 Å². The Morgan fingerprint density at radius 3 is 1.94 bits per heavy atom. The number of carbonyl (C=O) groups excluding carboxylic acids is 2. The number of nitrogens with zero attached hydrogens (tertiary/aromatic N) is 2. The number of hydrogen-bond acceptors (Lipinski definition) is 4. The number of nitrogens with one attached hydrogen (secondary N) is 1. The predicted octanol–water partition coefficient (Wildman–Crippen LogP) is 4.22. The molecule has 8 heteroatoms. The molecule has 0 fully saturated rings. The maximum atomic E-state index is 13.8. The first-order valence-electron chi connectivity index (χ1n) is 12.1. The molecule has 0 heterocycles. The van der Waals surface area contributed by atoms with Gasteiger partial charge in [0.05, 0.1) is 10.6 Å². The number of rotatable bonds is 12. The molecule has 0 aliphatic rings. The van der Waals surface area contributed by atoms with Crippen molar-refractivity contribution in [2.75, 3.05) is 17.4 Å². The van der Waals surface area contributed by atoms with Crippen molar-refractivity contribution in [1.82, 2.24) is 10.2 Å². The van der Waals surface area contributed by atoms with E-state index in [2.05, 4.69) is 5.32 Å². The van der Waals surface area contributed by atoms with Gasteiger partial charge in [0.15, 0.2) is 0 Å². The zero-order valence-electron chi connectivity index (χ0n) is 20.7. The van der Waals surface area contributed by atoms with Crippen LogP contribution in [0.15, 0.2) is 95.9 Å². The molecule has 0 spiro atoms. The Hall–Kier alpha value is -3.65. The van der Waals surface area contributed by atoms with Crippen LogP contribution in [0.2, 0.25) is 0 Å². The van der Waals surface area contributed by atoms with Gasteiger partial charge >= 0.3 is 0 Å². The molecular formula is C28H33N3O4S. The van der Waals surface area contributed by atoms with Crippen molar-refractivity contribution < 1.29 is 18.0 Å². The fourth-order valence-electron chi connectivity index (χ4n) is 3.91. The zero-order chi connectivity index (χ0) is 26.0. The van der Waals surface area contributed by atoms with Gasteiger partial charge < -0.3 is 10.2 Å². The summed E-state index contributed by atoms with van der Waals surface area (Å²) in [4.78, 5) is 28.4. The van der Waals surface area contributed by atoms with E-state index in [0.717, 1.165) is 16.3 Å². The first-order valence-corrected chi connectivity index (χ1v) is 13.6. The maximum Gasteiger partial charge on any atom is 0.264 e. The number of hydrogen-bond donors (Lipinski definition) is 1. The highest BCUT2D eigenvalue weighted by Crippen LogP contribution is 2.24. The lowest BCUT2D eigenvalue weighted by atomic mass is 10.1. The minimum absolute atomic E-state index is 0.0870. The molecule has 0 aromatic heterocycles. The average molecular weight is 508 g/mol. The molecule has 1 N–H and O–H groups in total. The van der Waals surface area contributed by atoms with E-state index in [1.165, 1.54) is 17.0 Å². The van der Waals surface area contributed by atoms with E-state index in [9.17, 15) is 18.0 Å². The molecular weight excluding hydrogens is 474 g/mol. The van der Waals surface area contributed by atoms with Gasteiger partial charge in [-0.1, -0.05) is 80.6 Å². The molecule has 0 saturated carbocycles. The Kier molecular flexibility index (Phi) is 9.64. The average Bonchev–Trinajstić information content (AvgIpc) is 2.91. The summed E-state index contributed by atoms with van der Waals surface area (Å²) < 4.78 is 28.4. The van der Waals surface area contributed by atoms with Crippen molar-refractivity contribution in [2.45, 2.75) is 44.2 Å². The monoisotopic (exact) mass is 507 g/mol. The van der Waals surface area contributed by atoms with Crippen molar-refractivity contribution in [3.05, 3.63) is 96.6 Å². The van der Waals surface area contributed by atoms with Gasteiger partial charge in [0.1, 0.15) is 12.6 Å². The maximum absolute atomic E-state index is 13.8. The third-order valence-corrected chi connectivity index (χ3v) is 7.57. The van der Waals surface area contributed by atoms with E-state index in [1.807, 2.05) is 44.2 Å². The molecule has 0 aliphatic carbocycles. The number of benzene rings is 3. The molecule has 0 saturated heterocycles. The lowest BCUT2D eigenvalue weighted by Crippen LogP contribution is -2.52. The van der Waals surface area contributed by atoms with E-state index >= 15 is 0 Å². The highest BCUT2D eigenvalue weighted by Gasteiger charge is 2.33. The van der Waals surface area contributed by atoms with Crippen LogP contribution in [0.5, 0.6) is 0 Å². The molecule has 0 radical (unpaired) electrons. The lowest BCUT2D eigenvalue weighted by Gasteiger charge is -2.33. The Morgan fingerprint density at radius 2 is 1.39 bits per heavy atom. The van der Waals surface area contributed by atoms with Crippen LogP contribution in [0.1, 0.15) is 32.3 Å². The van der Waals surface area contributed by atoms with Crippen molar-refractivity contribution in [3.8, 4) is 0 Å². The lowest BCUT2D eigenvalue weighted by molar-refractivity contribution is -0.140. The quantitative estimate of drug-likeness (QED) is 0.398. The number of amides is 2. The number of anilines is 1. The van der Waals surface area contributed by atoms with Gasteiger partial charge in [0.25, 0.3) is 10.0 Å². The minimum Gasteiger partial charge on any atom is -0.354 e. The van der Waals surface area contributed by atoms with E-state index in [-0.39, 0.29) is 17.3 Å². The minimum atomic E-state index is -4.04. The molecule has 36 heavy (non-hydrogen) atoms. The molecule has 3 aromatic rings. The molecule has 1 atom stereocenters. The third kappa shape index (κ3) is 6.73. The van der Waals surface area contributed by atoms with Gasteiger partial charge in [-0.15, -0.1) is 0 Å². The van der Waals surface area contributed by atoms with Crippen LogP contribution >= 0.6 is 0 Å². The first kappa shape index (κ1) is 26.9. The summed E-state index contributed by atoms with van der Waals surface area (Å²) in [6.07, 6.45) is 1.16. The van der Waals surface area contributed by atoms with Crippen molar-refractivity contribution >= 4 is 27.5 Å². The second-order valence-corrected chi connectivity index (χ2v) is 10.2. The second-order valence-electron chi connectivity index (χ2n) is 8.38. The van der Waals surface area contributed by atoms with E-state index in [1.54, 1.807) is 48.5 Å². The zero-order valence-corrected chi connectivity index (χ0v) is 21.5. The van der Waals surface area contributed by atoms with Crippen LogP contribution in [0.25, 0.3) is 0 Å². The van der Waals surface area contributed by atoms with E-state index < -0.39 is 28.5 Å². The van der Waals surface area contributed by atoms with Gasteiger partial charge in [0, 0.05) is 13.1 Å². The summed E-state index contributed by atoms with van der Waals surface area (Å²) in [6.45, 7) is 4.05. The number of carbonyl (C=O) groups is 2. The Bertz CT molecular complexity index is 1220. The molecule has 0 aliphatic heterocycles. The van der Waals surface area contributed by atoms with Crippen molar-refractivity contribution in [2.24, 2.45) is 0 Å². The molecule has 2 amide bonds. The number of sulfonamides is 1. The molecule has 7 nitrogen and oxygen atoms in total. The SMILES string of the molecule is CCCNC(=O)C(CC)N(Cc1ccccc1)C(=O)CN(c1ccccc1)S(=O)(=O)c1ccccc1. The molecule has 0 bridgehead atoms. The van der Waals surface area contributed by atoms with Gasteiger partial charge in [-0.25, -0.2) is 8.42 Å². The van der Waals surface area contributed by atoms with Crippen LogP contribution in [-0.2, 0) is 26.2 Å². The van der Waals surface area contributed by atoms with Crippen molar-refractivity contribution in [3.63, 3.8) is 0 Å². The van der Waals surface area contributed by atoms with Crippen LogP contribution in [0.4, 0.5) is 5.69 Å². The van der Waals surface area contributed by atoms with E-state index in [0.29, 0.717) is 18.7 Å². The second kappa shape index (κ2) is 12.9. The summed E-state index contributed by atoms with van der Waals surface area (Å²) in [6, 6.07) is 25.2. The number of para-hydroxylation sites is 1.